The molecule has 0 fully saturated rings. The van der Waals surface area contributed by atoms with Crippen LogP contribution in [-0.4, -0.2) is 37.7 Å². The molecule has 2 heterocycles. The first-order valence-corrected chi connectivity index (χ1v) is 31.1. The second kappa shape index (κ2) is 28.8. The second-order valence-electron chi connectivity index (χ2n) is 21.8. The van der Waals surface area contributed by atoms with E-state index in [2.05, 4.69) is 102 Å². The third-order valence-electron chi connectivity index (χ3n) is 15.2. The van der Waals surface area contributed by atoms with E-state index >= 15 is 0 Å². The normalized spacial score (nSPS) is 10.9. The summed E-state index contributed by atoms with van der Waals surface area (Å²) in [5.74, 6) is 2.67. The van der Waals surface area contributed by atoms with Gasteiger partial charge in [0.25, 0.3) is 0 Å². The average Bonchev–Trinajstić information content (AvgIpc) is 1.69. The van der Waals surface area contributed by atoms with Gasteiger partial charge in [0.15, 0.2) is 0 Å². The molecule has 4 N–H and O–H groups in total. The van der Waals surface area contributed by atoms with Crippen LogP contribution in [0.3, 0.4) is 0 Å². The Balaban J connectivity index is 0.000000172. The van der Waals surface area contributed by atoms with E-state index in [1.54, 1.807) is 33.4 Å². The largest absolute Gasteiger partial charge is 0.508 e. The second-order valence-corrected chi connectivity index (χ2v) is 23.8. The van der Waals surface area contributed by atoms with Crippen molar-refractivity contribution in [2.24, 2.45) is 7.05 Å². The number of H-pyrrole nitrogens is 2. The summed E-state index contributed by atoms with van der Waals surface area (Å²) in [7, 11) is -1.90. The molecule has 12 aromatic carbocycles. The highest BCUT2D eigenvalue weighted by molar-refractivity contribution is 7.91. The van der Waals surface area contributed by atoms with E-state index in [0.29, 0.717) is 0 Å². The van der Waals surface area contributed by atoms with E-state index in [1.165, 1.54) is 52.1 Å². The molecule has 14 rings (SSSR count). The van der Waals surface area contributed by atoms with Crippen LogP contribution in [0.1, 0.15) is 27.8 Å². The molecular formula is C78H62F2N4O8S. The number of benzene rings is 12. The Hall–Kier alpha value is -11.8. The van der Waals surface area contributed by atoms with E-state index < -0.39 is 21.5 Å². The minimum atomic E-state index is -3.71. The standard InChI is InChI=1S/C47H38N2O3.C12H8F2O2S.C12H10O2.C7H6N2O/c1-33-7-9-34(10-8-33)31-36-13-23-41(24-14-36)51-43-27-17-38(18-28-43)39-19-29-44(30-20-39)52-42-25-15-37(16-26-42)32-35-11-21-40(22-12-35)49-46-6-4-3-5-45(46)48(2)47(49)50;13-9-1-5-11(6-2-9)17(15,16)12-7-3-10(14)4-8-12;13-11-5-1-9(2-6-11)10-3-7-12(14)8-4-10;10-7-8-5-3-1-2-4-6(5)9-7/h3-30H,31-32H2,1-2H3;1-8H;1-8,13-14H;1-4H,(H2,8,9,10). The minimum absolute atomic E-state index is 0.0227. The number of imidazole rings is 2. The number of aromatic nitrogens is 4. The van der Waals surface area contributed by atoms with Crippen molar-refractivity contribution in [3.8, 4) is 62.4 Å². The summed E-state index contributed by atoms with van der Waals surface area (Å²) in [5.41, 5.74) is 14.6. The van der Waals surface area contributed by atoms with Gasteiger partial charge in [-0.2, -0.15) is 0 Å². The third kappa shape index (κ3) is 16.2. The molecule has 0 aliphatic rings. The molecular weight excluding hydrogens is 1190 g/mol. The Morgan fingerprint density at radius 3 is 1.11 bits per heavy atom. The highest BCUT2D eigenvalue weighted by Gasteiger charge is 2.18. The van der Waals surface area contributed by atoms with Crippen molar-refractivity contribution in [1.29, 1.82) is 0 Å². The van der Waals surface area contributed by atoms with E-state index in [9.17, 15) is 26.8 Å². The zero-order valence-electron chi connectivity index (χ0n) is 50.5. The molecule has 0 aliphatic heterocycles. The van der Waals surface area contributed by atoms with E-state index in [0.717, 1.165) is 110 Å². The monoisotopic (exact) mass is 1250 g/mol. The van der Waals surface area contributed by atoms with Gasteiger partial charge in [-0.1, -0.05) is 139 Å². The predicted molar refractivity (Wildman–Crippen MR) is 363 cm³/mol. The van der Waals surface area contributed by atoms with Crippen LogP contribution in [0, 0.1) is 18.6 Å². The fraction of sp³-hybridized carbons (Fsp3) is 0.0513. The Labute approximate surface area is 535 Å². The summed E-state index contributed by atoms with van der Waals surface area (Å²) in [4.78, 5) is 28.9. The lowest BCUT2D eigenvalue weighted by Crippen LogP contribution is -2.20. The maximum atomic E-state index is 12.9. The number of aromatic amines is 2. The molecule has 0 radical (unpaired) electrons. The van der Waals surface area contributed by atoms with Gasteiger partial charge >= 0.3 is 11.4 Å². The summed E-state index contributed by atoms with van der Waals surface area (Å²) < 4.78 is 65.1. The number of hydrogen-bond acceptors (Lipinski definition) is 8. The number of phenolic OH excluding ortho intramolecular Hbond substituents is 2. The summed E-state index contributed by atoms with van der Waals surface area (Å²) >= 11 is 0. The van der Waals surface area contributed by atoms with E-state index in [-0.39, 0.29) is 32.7 Å². The average molecular weight is 1250 g/mol. The number of phenols is 2. The van der Waals surface area contributed by atoms with Crippen molar-refractivity contribution >= 4 is 31.9 Å². The van der Waals surface area contributed by atoms with Crippen LogP contribution in [0.2, 0.25) is 0 Å². The van der Waals surface area contributed by atoms with Crippen LogP contribution in [0.4, 0.5) is 8.78 Å². The Morgan fingerprint density at radius 2 is 0.720 bits per heavy atom. The maximum absolute atomic E-state index is 12.9. The highest BCUT2D eigenvalue weighted by atomic mass is 32.2. The molecule has 12 nitrogen and oxygen atoms in total. The fourth-order valence-electron chi connectivity index (χ4n) is 10.2. The molecule has 14 aromatic rings. The number of para-hydroxylation sites is 4. The quantitative estimate of drug-likeness (QED) is 0.0827. The van der Waals surface area contributed by atoms with Gasteiger partial charge in [0.1, 0.15) is 46.1 Å². The summed E-state index contributed by atoms with van der Waals surface area (Å²) in [6.45, 7) is 2.11. The van der Waals surface area contributed by atoms with Crippen molar-refractivity contribution < 1.29 is 36.9 Å². The van der Waals surface area contributed by atoms with Crippen molar-refractivity contribution in [2.45, 2.75) is 29.6 Å². The number of aryl methyl sites for hydroxylation is 2. The van der Waals surface area contributed by atoms with Gasteiger partial charge in [-0.3, -0.25) is 9.13 Å². The number of nitrogens with one attached hydrogen (secondary N) is 2. The molecule has 15 heteroatoms. The number of halogens is 2. The van der Waals surface area contributed by atoms with Crippen molar-refractivity contribution in [1.82, 2.24) is 19.1 Å². The number of sulfone groups is 1. The molecule has 0 unspecified atom stereocenters. The van der Waals surface area contributed by atoms with Crippen LogP contribution in [0.25, 0.3) is 50.0 Å². The van der Waals surface area contributed by atoms with Crippen LogP contribution >= 0.6 is 0 Å². The maximum Gasteiger partial charge on any atom is 0.333 e. The highest BCUT2D eigenvalue weighted by Crippen LogP contribution is 2.31. The first-order valence-electron chi connectivity index (χ1n) is 29.6. The molecule has 0 atom stereocenters. The van der Waals surface area contributed by atoms with Gasteiger partial charge in [-0.05, 0) is 222 Å². The van der Waals surface area contributed by atoms with Crippen LogP contribution in [0.15, 0.2) is 311 Å². The number of ether oxygens (including phenoxy) is 2. The predicted octanol–water partition coefficient (Wildman–Crippen LogP) is 17.5. The minimum Gasteiger partial charge on any atom is -0.508 e. The Bertz CT molecular complexity index is 4890. The topological polar surface area (TPSA) is 169 Å². The number of hydrogen-bond donors (Lipinski definition) is 4. The zero-order valence-corrected chi connectivity index (χ0v) is 51.3. The van der Waals surface area contributed by atoms with Gasteiger partial charge in [0.2, 0.25) is 9.84 Å². The number of aromatic hydroxyl groups is 2. The third-order valence-corrected chi connectivity index (χ3v) is 17.0. The first-order chi connectivity index (χ1) is 45.1. The summed E-state index contributed by atoms with van der Waals surface area (Å²) in [6.07, 6.45) is 1.69. The van der Waals surface area contributed by atoms with Gasteiger partial charge < -0.3 is 29.7 Å². The number of rotatable bonds is 13. The Kier molecular flexibility index (Phi) is 19.4. The van der Waals surface area contributed by atoms with Crippen molar-refractivity contribution in [3.05, 3.63) is 352 Å². The van der Waals surface area contributed by atoms with Crippen molar-refractivity contribution in [3.63, 3.8) is 0 Å². The van der Waals surface area contributed by atoms with E-state index in [1.807, 2.05) is 141 Å². The van der Waals surface area contributed by atoms with Gasteiger partial charge in [0.05, 0.1) is 37.5 Å². The molecule has 0 aliphatic carbocycles. The molecule has 93 heavy (non-hydrogen) atoms. The summed E-state index contributed by atoms with van der Waals surface area (Å²) in [5, 5.41) is 18.2. The van der Waals surface area contributed by atoms with Gasteiger partial charge in [0, 0.05) is 7.05 Å². The molecule has 0 spiro atoms. The fourth-order valence-corrected chi connectivity index (χ4v) is 11.4. The molecule has 0 saturated carbocycles. The lowest BCUT2D eigenvalue weighted by molar-refractivity contribution is 0.474. The Morgan fingerprint density at radius 1 is 0.398 bits per heavy atom. The van der Waals surface area contributed by atoms with E-state index in [4.69, 9.17) is 19.7 Å². The molecule has 0 amide bonds. The first kappa shape index (κ1) is 62.8. The summed E-state index contributed by atoms with van der Waals surface area (Å²) in [6, 6.07) is 87.9. The zero-order chi connectivity index (χ0) is 64.8. The van der Waals surface area contributed by atoms with Crippen LogP contribution in [0.5, 0.6) is 34.5 Å². The number of fused-ring (bicyclic) bond motifs is 2. The lowest BCUT2D eigenvalue weighted by Gasteiger charge is -2.10. The van der Waals surface area contributed by atoms with Gasteiger partial charge in [-0.25, -0.2) is 26.8 Å². The van der Waals surface area contributed by atoms with Crippen molar-refractivity contribution in [2.75, 3.05) is 0 Å². The SMILES string of the molecule is Cc1ccc(Cc2ccc(Oc3ccc(-c4ccc(Oc5ccc(Cc6ccc(-n7c(=O)n(C)c8ccccc87)cc6)cc5)cc4)cc3)cc2)cc1.O=S(=O)(c1ccc(F)cc1)c1ccc(F)cc1.O=c1[nH]c2ccccc2[nH]1.Oc1ccc(-c2ccc(O)cc2)cc1. The smallest absolute Gasteiger partial charge is 0.333 e. The molecule has 0 bridgehead atoms. The lowest BCUT2D eigenvalue weighted by atomic mass is 10.0. The molecule has 462 valence electrons. The number of nitrogens with zero attached hydrogens (tertiary/aromatic N) is 2. The van der Waals surface area contributed by atoms with Crippen LogP contribution < -0.4 is 20.9 Å². The van der Waals surface area contributed by atoms with Gasteiger partial charge in [-0.15, -0.1) is 0 Å². The van der Waals surface area contributed by atoms with Crippen LogP contribution in [-0.2, 0) is 29.7 Å². The molecule has 2 aromatic heterocycles. The molecule has 0 saturated heterocycles.